The van der Waals surface area contributed by atoms with E-state index in [9.17, 15) is 9.59 Å². The number of hydrogen-bond donors (Lipinski definition) is 0. The molecular formula is C21H22N4O4. The zero-order valence-corrected chi connectivity index (χ0v) is 16.2. The van der Waals surface area contributed by atoms with Gasteiger partial charge in [0.05, 0.1) is 25.4 Å². The number of rotatable bonds is 2. The highest BCUT2D eigenvalue weighted by atomic mass is 16.7. The van der Waals surface area contributed by atoms with Crippen LogP contribution >= 0.6 is 0 Å². The number of furan rings is 1. The van der Waals surface area contributed by atoms with Gasteiger partial charge >= 0.3 is 0 Å². The molecule has 5 rings (SSSR count). The Morgan fingerprint density at radius 2 is 2.03 bits per heavy atom. The van der Waals surface area contributed by atoms with Crippen LogP contribution in [0.25, 0.3) is 11.0 Å². The van der Waals surface area contributed by atoms with Crippen molar-refractivity contribution in [2.75, 3.05) is 19.7 Å². The maximum atomic E-state index is 13.3. The minimum absolute atomic E-state index is 0.173. The number of hydroxylamine groups is 2. The van der Waals surface area contributed by atoms with Crippen LogP contribution in [-0.2, 0) is 16.2 Å². The first-order chi connectivity index (χ1) is 14.1. The zero-order chi connectivity index (χ0) is 20.0. The second-order valence-electron chi connectivity index (χ2n) is 7.50. The Bertz CT molecular complexity index is 1080. The lowest BCUT2D eigenvalue weighted by atomic mass is 10.1. The third kappa shape index (κ3) is 3.00. The smallest absolute Gasteiger partial charge is 0.290 e. The van der Waals surface area contributed by atoms with Crippen molar-refractivity contribution in [2.24, 2.45) is 0 Å². The molecule has 2 aromatic heterocycles. The summed E-state index contributed by atoms with van der Waals surface area (Å²) in [5.74, 6) is -0.0726. The van der Waals surface area contributed by atoms with Crippen molar-refractivity contribution in [1.29, 1.82) is 0 Å². The van der Waals surface area contributed by atoms with Gasteiger partial charge in [-0.15, -0.1) is 0 Å². The first-order valence-corrected chi connectivity index (χ1v) is 9.87. The molecule has 0 spiro atoms. The molecule has 3 aromatic rings. The lowest BCUT2D eigenvalue weighted by Gasteiger charge is -2.36. The van der Waals surface area contributed by atoms with E-state index < -0.39 is 6.04 Å². The van der Waals surface area contributed by atoms with Crippen molar-refractivity contribution < 1.29 is 18.8 Å². The van der Waals surface area contributed by atoms with Gasteiger partial charge in [-0.1, -0.05) is 18.2 Å². The molecule has 1 fully saturated rings. The molecule has 0 N–H and O–H groups in total. The summed E-state index contributed by atoms with van der Waals surface area (Å²) >= 11 is 0. The highest BCUT2D eigenvalue weighted by Crippen LogP contribution is 2.29. The molecule has 0 unspecified atom stereocenters. The standard InChI is InChI=1S/C21H22N4O4/c1-14-16-6-2-3-7-18(16)29-19(14)21(27)23-12-15-8-9-22-25(15)17(13-23)20(26)24-10-4-5-11-28-24/h2-3,6-9,17H,4-5,10-13H2,1H3/t17-/m1/s1. The summed E-state index contributed by atoms with van der Waals surface area (Å²) in [6.45, 7) is 3.58. The van der Waals surface area contributed by atoms with Crippen molar-refractivity contribution in [3.8, 4) is 0 Å². The van der Waals surface area contributed by atoms with Crippen LogP contribution in [0.5, 0.6) is 0 Å². The lowest BCUT2D eigenvalue weighted by Crippen LogP contribution is -2.49. The van der Waals surface area contributed by atoms with E-state index in [0.29, 0.717) is 31.0 Å². The Morgan fingerprint density at radius 3 is 2.83 bits per heavy atom. The van der Waals surface area contributed by atoms with Gasteiger partial charge in [0, 0.05) is 23.7 Å². The van der Waals surface area contributed by atoms with Gasteiger partial charge in [-0.05, 0) is 31.9 Å². The molecule has 0 saturated carbocycles. The van der Waals surface area contributed by atoms with Crippen molar-refractivity contribution >= 4 is 22.8 Å². The number of fused-ring (bicyclic) bond motifs is 2. The third-order valence-corrected chi connectivity index (χ3v) is 5.65. The number of carbonyl (C=O) groups excluding carboxylic acids is 2. The topological polar surface area (TPSA) is 80.8 Å². The van der Waals surface area contributed by atoms with Gasteiger partial charge in [-0.25, -0.2) is 5.06 Å². The van der Waals surface area contributed by atoms with E-state index in [1.54, 1.807) is 15.8 Å². The van der Waals surface area contributed by atoms with E-state index in [2.05, 4.69) is 5.10 Å². The molecule has 2 amide bonds. The largest absolute Gasteiger partial charge is 0.451 e. The Balaban J connectivity index is 1.46. The Hall–Kier alpha value is -3.13. The molecule has 8 nitrogen and oxygen atoms in total. The molecule has 1 aromatic carbocycles. The van der Waals surface area contributed by atoms with Gasteiger partial charge in [0.1, 0.15) is 5.58 Å². The summed E-state index contributed by atoms with van der Waals surface area (Å²) < 4.78 is 7.57. The molecule has 29 heavy (non-hydrogen) atoms. The summed E-state index contributed by atoms with van der Waals surface area (Å²) in [5.41, 5.74) is 2.31. The summed E-state index contributed by atoms with van der Waals surface area (Å²) in [5, 5.41) is 6.67. The molecule has 1 saturated heterocycles. The molecule has 0 radical (unpaired) electrons. The molecule has 2 aliphatic rings. The van der Waals surface area contributed by atoms with Crippen molar-refractivity contribution in [1.82, 2.24) is 19.7 Å². The fraction of sp³-hybridized carbons (Fsp3) is 0.381. The lowest BCUT2D eigenvalue weighted by molar-refractivity contribution is -0.201. The fourth-order valence-electron chi connectivity index (χ4n) is 4.09. The van der Waals surface area contributed by atoms with Crippen molar-refractivity contribution in [3.63, 3.8) is 0 Å². The molecule has 150 valence electrons. The normalized spacial score (nSPS) is 19.4. The molecule has 0 bridgehead atoms. The number of nitrogens with zero attached hydrogens (tertiary/aromatic N) is 4. The number of hydrogen-bond acceptors (Lipinski definition) is 5. The second-order valence-corrected chi connectivity index (χ2v) is 7.50. The number of aromatic nitrogens is 2. The van der Waals surface area contributed by atoms with Crippen LogP contribution in [0, 0.1) is 6.92 Å². The van der Waals surface area contributed by atoms with Crippen molar-refractivity contribution in [2.45, 2.75) is 32.4 Å². The molecule has 0 aliphatic carbocycles. The van der Waals surface area contributed by atoms with Crippen LogP contribution in [0.15, 0.2) is 40.9 Å². The molecule has 4 heterocycles. The predicted octanol–water partition coefficient (Wildman–Crippen LogP) is 2.69. The fourth-order valence-corrected chi connectivity index (χ4v) is 4.09. The minimum Gasteiger partial charge on any atom is -0.451 e. The highest BCUT2D eigenvalue weighted by molar-refractivity contribution is 5.99. The van der Waals surface area contributed by atoms with E-state index in [4.69, 9.17) is 9.25 Å². The maximum absolute atomic E-state index is 13.3. The van der Waals surface area contributed by atoms with Crippen LogP contribution in [-0.4, -0.2) is 51.3 Å². The average molecular weight is 394 g/mol. The summed E-state index contributed by atoms with van der Waals surface area (Å²) in [7, 11) is 0. The first kappa shape index (κ1) is 17.9. The zero-order valence-electron chi connectivity index (χ0n) is 16.2. The predicted molar refractivity (Wildman–Crippen MR) is 104 cm³/mol. The van der Waals surface area contributed by atoms with E-state index >= 15 is 0 Å². The van der Waals surface area contributed by atoms with Crippen LogP contribution in [0.4, 0.5) is 0 Å². The first-order valence-electron chi connectivity index (χ1n) is 9.87. The van der Waals surface area contributed by atoms with E-state index in [0.717, 1.165) is 29.5 Å². The molecule has 1 atom stereocenters. The van der Waals surface area contributed by atoms with Gasteiger partial charge in [0.25, 0.3) is 11.8 Å². The van der Waals surface area contributed by atoms with Crippen LogP contribution < -0.4 is 0 Å². The van der Waals surface area contributed by atoms with Crippen LogP contribution in [0.3, 0.4) is 0 Å². The third-order valence-electron chi connectivity index (χ3n) is 5.65. The summed E-state index contributed by atoms with van der Waals surface area (Å²) in [6.07, 6.45) is 3.51. The van der Waals surface area contributed by atoms with Gasteiger partial charge in [0.15, 0.2) is 11.8 Å². The van der Waals surface area contributed by atoms with E-state index in [1.165, 1.54) is 5.06 Å². The quantitative estimate of drug-likeness (QED) is 0.668. The van der Waals surface area contributed by atoms with Crippen LogP contribution in [0.1, 0.15) is 40.7 Å². The van der Waals surface area contributed by atoms with Crippen LogP contribution in [0.2, 0.25) is 0 Å². The van der Waals surface area contributed by atoms with Gasteiger partial charge in [0.2, 0.25) is 0 Å². The van der Waals surface area contributed by atoms with E-state index in [1.807, 2.05) is 37.3 Å². The monoisotopic (exact) mass is 394 g/mol. The minimum atomic E-state index is -0.611. The molecule has 2 aliphatic heterocycles. The van der Waals surface area contributed by atoms with Crippen molar-refractivity contribution in [3.05, 3.63) is 53.5 Å². The number of carbonyl (C=O) groups is 2. The average Bonchev–Trinajstić information content (AvgIpc) is 3.37. The second kappa shape index (κ2) is 7.04. The maximum Gasteiger partial charge on any atom is 0.290 e. The Morgan fingerprint density at radius 1 is 1.17 bits per heavy atom. The highest BCUT2D eigenvalue weighted by Gasteiger charge is 2.37. The Kier molecular flexibility index (Phi) is 4.35. The number of amides is 2. The summed E-state index contributed by atoms with van der Waals surface area (Å²) in [6, 6.07) is 8.82. The molecular weight excluding hydrogens is 372 g/mol. The SMILES string of the molecule is Cc1c(C(=O)N2Cc3ccnn3[C@@H](C(=O)N3CCCCO3)C2)oc2ccccc12. The summed E-state index contributed by atoms with van der Waals surface area (Å²) in [4.78, 5) is 33.6. The molecule has 8 heteroatoms. The van der Waals surface area contributed by atoms with Gasteiger partial charge in [-0.2, -0.15) is 5.10 Å². The van der Waals surface area contributed by atoms with Gasteiger partial charge in [-0.3, -0.25) is 19.1 Å². The van der Waals surface area contributed by atoms with Gasteiger partial charge < -0.3 is 9.32 Å². The van der Waals surface area contributed by atoms with E-state index in [-0.39, 0.29) is 18.4 Å². The number of aryl methyl sites for hydroxylation is 1. The Labute approximate surface area is 167 Å². The number of benzene rings is 1. The number of para-hydroxylation sites is 1.